The maximum atomic E-state index is 13.8. The lowest BCUT2D eigenvalue weighted by Gasteiger charge is -2.41. The van der Waals surface area contributed by atoms with Crippen molar-refractivity contribution in [2.45, 2.75) is 43.8 Å². The number of alkyl halides is 3. The molecule has 0 saturated carbocycles. The van der Waals surface area contributed by atoms with E-state index in [1.54, 1.807) is 15.9 Å². The van der Waals surface area contributed by atoms with Gasteiger partial charge in [-0.05, 0) is 38.1 Å². The van der Waals surface area contributed by atoms with E-state index in [9.17, 15) is 23.1 Å². The zero-order chi connectivity index (χ0) is 30.0. The molecule has 42 heavy (non-hydrogen) atoms. The molecule has 3 aliphatic heterocycles. The first-order chi connectivity index (χ1) is 20.1. The third kappa shape index (κ3) is 6.15. The molecule has 5 rings (SSSR count). The van der Waals surface area contributed by atoms with Crippen LogP contribution in [0.3, 0.4) is 0 Å². The molecule has 1 unspecified atom stereocenters. The quantitative estimate of drug-likeness (QED) is 0.392. The average Bonchev–Trinajstić information content (AvgIpc) is 3.30. The van der Waals surface area contributed by atoms with E-state index in [1.807, 2.05) is 16.8 Å². The van der Waals surface area contributed by atoms with Gasteiger partial charge in [-0.15, -0.1) is 0 Å². The Kier molecular flexibility index (Phi) is 8.56. The third-order valence-electron chi connectivity index (χ3n) is 8.19. The van der Waals surface area contributed by atoms with Crippen LogP contribution in [0.5, 0.6) is 6.01 Å². The number of para-hydroxylation sites is 1. The van der Waals surface area contributed by atoms with Gasteiger partial charge in [0.1, 0.15) is 18.5 Å². The van der Waals surface area contributed by atoms with E-state index < -0.39 is 17.8 Å². The Hall–Kier alpha value is -3.89. The maximum absolute atomic E-state index is 13.8. The van der Waals surface area contributed by atoms with Crippen LogP contribution >= 0.6 is 0 Å². The molecule has 224 valence electrons. The van der Waals surface area contributed by atoms with E-state index in [-0.39, 0.29) is 49.4 Å². The third-order valence-corrected chi connectivity index (χ3v) is 8.19. The summed E-state index contributed by atoms with van der Waals surface area (Å²) >= 11 is 0. The SMILES string of the molecule is [C-]#[N+]CC1CN(c2nc(OC[C@@H]3C[C@@H](O)CN3C)nc3c2CCN(c2ccccc2C(F)(F)F)C3)CCN1C(=O)C=C. The summed E-state index contributed by atoms with van der Waals surface area (Å²) in [6.07, 6.45) is -2.74. The number of amides is 1. The predicted octanol–water partition coefficient (Wildman–Crippen LogP) is 2.62. The van der Waals surface area contributed by atoms with Gasteiger partial charge in [-0.3, -0.25) is 9.69 Å². The molecule has 2 aromatic rings. The number of ether oxygens (including phenoxy) is 1. The molecule has 1 amide bonds. The number of anilines is 2. The molecular weight excluding hydrogens is 551 g/mol. The number of likely N-dealkylation sites (N-methyl/N-ethyl adjacent to an activating group) is 1. The van der Waals surface area contributed by atoms with Crippen molar-refractivity contribution in [3.8, 4) is 6.01 Å². The highest BCUT2D eigenvalue weighted by Gasteiger charge is 2.38. The number of benzene rings is 1. The Morgan fingerprint density at radius 1 is 1.19 bits per heavy atom. The van der Waals surface area contributed by atoms with Gasteiger partial charge in [0.2, 0.25) is 12.5 Å². The molecule has 0 bridgehead atoms. The lowest BCUT2D eigenvalue weighted by atomic mass is 10.0. The number of likely N-dealkylation sites (tertiary alicyclic amines) is 1. The topological polar surface area (TPSA) is 89.6 Å². The number of hydrogen-bond donors (Lipinski definition) is 1. The second kappa shape index (κ2) is 12.1. The van der Waals surface area contributed by atoms with Crippen LogP contribution in [0.15, 0.2) is 36.9 Å². The number of carbonyl (C=O) groups is 1. The van der Waals surface area contributed by atoms with E-state index in [2.05, 4.69) is 16.4 Å². The average molecular weight is 586 g/mol. The number of aliphatic hydroxyl groups is 1. The molecule has 13 heteroatoms. The minimum Gasteiger partial charge on any atom is -0.462 e. The number of hydrogen-bond acceptors (Lipinski definition) is 8. The molecule has 1 aromatic carbocycles. The first kappa shape index (κ1) is 29.6. The summed E-state index contributed by atoms with van der Waals surface area (Å²) in [6, 6.07) is 5.23. The van der Waals surface area contributed by atoms with Gasteiger partial charge in [-0.1, -0.05) is 18.7 Å². The van der Waals surface area contributed by atoms with E-state index in [0.29, 0.717) is 57.1 Å². The summed E-state index contributed by atoms with van der Waals surface area (Å²) in [4.78, 5) is 32.7. The van der Waals surface area contributed by atoms with Gasteiger partial charge in [0.05, 0.1) is 23.9 Å². The van der Waals surface area contributed by atoms with Crippen molar-refractivity contribution in [1.29, 1.82) is 0 Å². The van der Waals surface area contributed by atoms with Crippen LogP contribution in [0.4, 0.5) is 24.7 Å². The van der Waals surface area contributed by atoms with Crippen LogP contribution in [-0.2, 0) is 23.9 Å². The van der Waals surface area contributed by atoms with Crippen LogP contribution in [0, 0.1) is 6.57 Å². The number of β-amino-alcohol motifs (C(OH)–C–C–N with tert-alkyl or cyclic N) is 1. The second-order valence-electron chi connectivity index (χ2n) is 10.9. The first-order valence-electron chi connectivity index (χ1n) is 13.9. The smallest absolute Gasteiger partial charge is 0.418 e. The molecule has 10 nitrogen and oxygen atoms in total. The summed E-state index contributed by atoms with van der Waals surface area (Å²) in [5, 5.41) is 10.0. The molecule has 0 spiro atoms. The normalized spacial score (nSPS) is 23.0. The lowest BCUT2D eigenvalue weighted by molar-refractivity contribution is -0.137. The fourth-order valence-electron chi connectivity index (χ4n) is 6.04. The number of aromatic nitrogens is 2. The Balaban J connectivity index is 1.47. The zero-order valence-electron chi connectivity index (χ0n) is 23.4. The van der Waals surface area contributed by atoms with Gasteiger partial charge in [0.15, 0.2) is 0 Å². The maximum Gasteiger partial charge on any atom is 0.418 e. The largest absolute Gasteiger partial charge is 0.462 e. The van der Waals surface area contributed by atoms with Crippen molar-refractivity contribution in [2.24, 2.45) is 0 Å². The monoisotopic (exact) mass is 585 g/mol. The van der Waals surface area contributed by atoms with Crippen LogP contribution in [0.2, 0.25) is 0 Å². The van der Waals surface area contributed by atoms with Crippen LogP contribution in [0.1, 0.15) is 23.2 Å². The Labute approximate surface area is 242 Å². The Morgan fingerprint density at radius 2 is 1.98 bits per heavy atom. The van der Waals surface area contributed by atoms with Crippen molar-refractivity contribution in [3.05, 3.63) is 65.2 Å². The van der Waals surface area contributed by atoms with Crippen molar-refractivity contribution < 1.29 is 27.8 Å². The second-order valence-corrected chi connectivity index (χ2v) is 10.9. The first-order valence-corrected chi connectivity index (χ1v) is 13.9. The Morgan fingerprint density at radius 3 is 2.67 bits per heavy atom. The number of halogens is 3. The molecule has 2 saturated heterocycles. The van der Waals surface area contributed by atoms with Gasteiger partial charge in [-0.25, -0.2) is 6.57 Å². The van der Waals surface area contributed by atoms with Crippen LogP contribution < -0.4 is 14.5 Å². The van der Waals surface area contributed by atoms with Gasteiger partial charge < -0.3 is 29.4 Å². The Bertz CT molecular complexity index is 1360. The predicted molar refractivity (Wildman–Crippen MR) is 150 cm³/mol. The number of carbonyl (C=O) groups excluding carboxylic acids is 1. The molecule has 3 aliphatic rings. The number of nitrogens with zero attached hydrogens (tertiary/aromatic N) is 7. The summed E-state index contributed by atoms with van der Waals surface area (Å²) in [5.74, 6) is 0.373. The number of aliphatic hydroxyl groups excluding tert-OH is 1. The van der Waals surface area contributed by atoms with Crippen molar-refractivity contribution in [2.75, 3.05) is 62.7 Å². The molecule has 0 radical (unpaired) electrons. The van der Waals surface area contributed by atoms with Gasteiger partial charge in [-0.2, -0.15) is 23.1 Å². The standard InChI is InChI=1S/C29H34F3N7O3/c1-4-26(41)39-12-11-38(15-20(39)14-33-2)27-22-9-10-37(25-8-6-5-7-23(25)29(30,31)32)17-24(22)34-28(35-27)42-18-19-13-21(40)16-36(19)3/h4-8,19-21,40H,1,9-18H2,3H3/t19-,20?,21+/m0/s1. The van der Waals surface area contributed by atoms with E-state index in [4.69, 9.17) is 16.3 Å². The van der Waals surface area contributed by atoms with E-state index >= 15 is 0 Å². The van der Waals surface area contributed by atoms with E-state index in [1.165, 1.54) is 18.2 Å². The number of rotatable bonds is 7. The molecule has 4 heterocycles. The highest BCUT2D eigenvalue weighted by molar-refractivity contribution is 5.87. The summed E-state index contributed by atoms with van der Waals surface area (Å²) in [5.41, 5.74) is 0.784. The minimum atomic E-state index is -4.50. The highest BCUT2D eigenvalue weighted by atomic mass is 19.4. The zero-order valence-corrected chi connectivity index (χ0v) is 23.4. The van der Waals surface area contributed by atoms with Gasteiger partial charge >= 0.3 is 12.2 Å². The van der Waals surface area contributed by atoms with Crippen molar-refractivity contribution in [3.63, 3.8) is 0 Å². The minimum absolute atomic E-state index is 0.0326. The molecule has 1 aromatic heterocycles. The van der Waals surface area contributed by atoms with Crippen molar-refractivity contribution >= 4 is 17.4 Å². The number of piperazine rings is 1. The molecule has 0 aliphatic carbocycles. The van der Waals surface area contributed by atoms with Crippen LogP contribution in [0.25, 0.3) is 4.85 Å². The summed E-state index contributed by atoms with van der Waals surface area (Å²) in [7, 11) is 1.90. The van der Waals surface area contributed by atoms with Crippen LogP contribution in [-0.4, -0.2) is 102 Å². The van der Waals surface area contributed by atoms with Crippen molar-refractivity contribution in [1.82, 2.24) is 19.8 Å². The summed E-state index contributed by atoms with van der Waals surface area (Å²) in [6.45, 7) is 13.5. The fourth-order valence-corrected chi connectivity index (χ4v) is 6.04. The number of fused-ring (bicyclic) bond motifs is 1. The molecule has 3 atom stereocenters. The molecule has 2 fully saturated rings. The molecular formula is C29H34F3N7O3. The van der Waals surface area contributed by atoms with Gasteiger partial charge in [0.25, 0.3) is 0 Å². The lowest BCUT2D eigenvalue weighted by Crippen LogP contribution is -2.56. The van der Waals surface area contributed by atoms with Gasteiger partial charge in [0, 0.05) is 50.0 Å². The molecule has 1 N–H and O–H groups in total. The fraction of sp³-hybridized carbons (Fsp3) is 0.517. The van der Waals surface area contributed by atoms with E-state index in [0.717, 1.165) is 11.6 Å². The summed E-state index contributed by atoms with van der Waals surface area (Å²) < 4.78 is 47.6. The highest BCUT2D eigenvalue weighted by Crippen LogP contribution is 2.39.